The minimum absolute atomic E-state index is 0.623. The van der Waals surface area contributed by atoms with E-state index in [-0.39, 0.29) is 0 Å². The quantitative estimate of drug-likeness (QED) is 0.876. The zero-order valence-corrected chi connectivity index (χ0v) is 11.8. The molecule has 0 radical (unpaired) electrons. The standard InChI is InChI=1S/C18H22N2/c1-2-6-15(7-3-1)16-9-11-17(12-10-16)20-14-18-8-4-5-13-19-18/h1-3,6-7,9-12,18-20H,4-5,8,13-14H2. The molecule has 0 aromatic heterocycles. The van der Waals surface area contributed by atoms with Gasteiger partial charge in [0, 0.05) is 18.3 Å². The van der Waals surface area contributed by atoms with Gasteiger partial charge in [0.25, 0.3) is 0 Å². The van der Waals surface area contributed by atoms with Gasteiger partial charge in [0.1, 0.15) is 0 Å². The molecule has 2 nitrogen and oxygen atoms in total. The van der Waals surface area contributed by atoms with Crippen molar-refractivity contribution in [3.63, 3.8) is 0 Å². The summed E-state index contributed by atoms with van der Waals surface area (Å²) in [4.78, 5) is 0. The SMILES string of the molecule is c1ccc(-c2ccc(NCC3CCCCN3)cc2)cc1. The van der Waals surface area contributed by atoms with Crippen LogP contribution in [0.25, 0.3) is 11.1 Å². The van der Waals surface area contributed by atoms with E-state index in [0.717, 1.165) is 6.54 Å². The van der Waals surface area contributed by atoms with Crippen molar-refractivity contribution < 1.29 is 0 Å². The highest BCUT2D eigenvalue weighted by molar-refractivity contribution is 5.65. The van der Waals surface area contributed by atoms with E-state index in [2.05, 4.69) is 65.2 Å². The summed E-state index contributed by atoms with van der Waals surface area (Å²) in [6.07, 6.45) is 3.96. The smallest absolute Gasteiger partial charge is 0.0341 e. The maximum atomic E-state index is 3.56. The number of hydrogen-bond donors (Lipinski definition) is 2. The Morgan fingerprint density at radius 2 is 1.65 bits per heavy atom. The Labute approximate surface area is 121 Å². The van der Waals surface area contributed by atoms with E-state index in [9.17, 15) is 0 Å². The van der Waals surface area contributed by atoms with Crippen LogP contribution in [0.2, 0.25) is 0 Å². The van der Waals surface area contributed by atoms with Crippen LogP contribution in [0.3, 0.4) is 0 Å². The van der Waals surface area contributed by atoms with E-state index < -0.39 is 0 Å². The van der Waals surface area contributed by atoms with E-state index in [1.165, 1.54) is 42.6 Å². The molecule has 0 aliphatic carbocycles. The molecule has 2 N–H and O–H groups in total. The van der Waals surface area contributed by atoms with E-state index in [4.69, 9.17) is 0 Å². The first-order valence-corrected chi connectivity index (χ1v) is 7.54. The van der Waals surface area contributed by atoms with Gasteiger partial charge >= 0.3 is 0 Å². The summed E-state index contributed by atoms with van der Waals surface area (Å²) in [5.74, 6) is 0. The predicted octanol–water partition coefficient (Wildman–Crippen LogP) is 3.91. The first-order valence-electron chi connectivity index (χ1n) is 7.54. The molecule has 3 rings (SSSR count). The van der Waals surface area contributed by atoms with Gasteiger partial charge in [-0.2, -0.15) is 0 Å². The van der Waals surface area contributed by atoms with Gasteiger partial charge in [-0.1, -0.05) is 48.9 Å². The maximum absolute atomic E-state index is 3.56. The molecule has 2 heteroatoms. The first kappa shape index (κ1) is 13.2. The third kappa shape index (κ3) is 3.40. The monoisotopic (exact) mass is 266 g/mol. The fourth-order valence-electron chi connectivity index (χ4n) is 2.75. The van der Waals surface area contributed by atoms with Crippen LogP contribution in [0, 0.1) is 0 Å². The van der Waals surface area contributed by atoms with Crippen molar-refractivity contribution >= 4 is 5.69 Å². The molecular weight excluding hydrogens is 244 g/mol. The largest absolute Gasteiger partial charge is 0.383 e. The Kier molecular flexibility index (Phi) is 4.34. The van der Waals surface area contributed by atoms with Gasteiger partial charge < -0.3 is 10.6 Å². The van der Waals surface area contributed by atoms with Crippen LogP contribution in [0.5, 0.6) is 0 Å². The number of hydrogen-bond acceptors (Lipinski definition) is 2. The van der Waals surface area contributed by atoms with Crippen molar-refractivity contribution in [1.29, 1.82) is 0 Å². The van der Waals surface area contributed by atoms with Crippen molar-refractivity contribution in [3.8, 4) is 11.1 Å². The Bertz CT molecular complexity index is 513. The van der Waals surface area contributed by atoms with Gasteiger partial charge in [-0.05, 0) is 42.6 Å². The fraction of sp³-hybridized carbons (Fsp3) is 0.333. The fourth-order valence-corrected chi connectivity index (χ4v) is 2.75. The lowest BCUT2D eigenvalue weighted by Crippen LogP contribution is -2.39. The van der Waals surface area contributed by atoms with Gasteiger partial charge in [-0.15, -0.1) is 0 Å². The molecule has 2 aromatic rings. The number of nitrogens with one attached hydrogen (secondary N) is 2. The second-order valence-corrected chi connectivity index (χ2v) is 5.47. The highest BCUT2D eigenvalue weighted by Crippen LogP contribution is 2.21. The minimum Gasteiger partial charge on any atom is -0.383 e. The topological polar surface area (TPSA) is 24.1 Å². The molecule has 1 aliphatic rings. The van der Waals surface area contributed by atoms with Crippen molar-refractivity contribution in [2.24, 2.45) is 0 Å². The summed E-state index contributed by atoms with van der Waals surface area (Å²) >= 11 is 0. The molecule has 104 valence electrons. The lowest BCUT2D eigenvalue weighted by atomic mass is 10.0. The molecule has 20 heavy (non-hydrogen) atoms. The summed E-state index contributed by atoms with van der Waals surface area (Å²) in [7, 11) is 0. The average Bonchev–Trinajstić information content (AvgIpc) is 2.55. The molecule has 0 saturated carbocycles. The van der Waals surface area contributed by atoms with Crippen molar-refractivity contribution in [1.82, 2.24) is 5.32 Å². The summed E-state index contributed by atoms with van der Waals surface area (Å²) in [5, 5.41) is 7.09. The molecule has 1 unspecified atom stereocenters. The molecular formula is C18H22N2. The second-order valence-electron chi connectivity index (χ2n) is 5.47. The van der Waals surface area contributed by atoms with Crippen LogP contribution in [0.1, 0.15) is 19.3 Å². The van der Waals surface area contributed by atoms with Gasteiger partial charge in [-0.25, -0.2) is 0 Å². The number of benzene rings is 2. The number of rotatable bonds is 4. The third-order valence-corrected chi connectivity index (χ3v) is 3.96. The predicted molar refractivity (Wildman–Crippen MR) is 86.0 cm³/mol. The lowest BCUT2D eigenvalue weighted by molar-refractivity contribution is 0.414. The molecule has 1 heterocycles. The van der Waals surface area contributed by atoms with E-state index in [0.29, 0.717) is 6.04 Å². The van der Waals surface area contributed by atoms with Gasteiger partial charge in [0.15, 0.2) is 0 Å². The molecule has 1 fully saturated rings. The Hall–Kier alpha value is -1.80. The lowest BCUT2D eigenvalue weighted by Gasteiger charge is -2.24. The van der Waals surface area contributed by atoms with Crippen molar-refractivity contribution in [2.45, 2.75) is 25.3 Å². The molecule has 1 atom stereocenters. The average molecular weight is 266 g/mol. The second kappa shape index (κ2) is 6.58. The van der Waals surface area contributed by atoms with Crippen LogP contribution in [0.4, 0.5) is 5.69 Å². The van der Waals surface area contributed by atoms with Crippen LogP contribution < -0.4 is 10.6 Å². The molecule has 2 aromatic carbocycles. The van der Waals surface area contributed by atoms with Crippen LogP contribution in [-0.2, 0) is 0 Å². The maximum Gasteiger partial charge on any atom is 0.0341 e. The molecule has 1 saturated heterocycles. The van der Waals surface area contributed by atoms with Crippen molar-refractivity contribution in [2.75, 3.05) is 18.4 Å². The minimum atomic E-state index is 0.623. The van der Waals surface area contributed by atoms with E-state index in [1.54, 1.807) is 0 Å². The Morgan fingerprint density at radius 1 is 0.900 bits per heavy atom. The van der Waals surface area contributed by atoms with Gasteiger partial charge in [0.2, 0.25) is 0 Å². The van der Waals surface area contributed by atoms with Gasteiger partial charge in [-0.3, -0.25) is 0 Å². The van der Waals surface area contributed by atoms with E-state index in [1.807, 2.05) is 0 Å². The van der Waals surface area contributed by atoms with Gasteiger partial charge in [0.05, 0.1) is 0 Å². The zero-order valence-electron chi connectivity index (χ0n) is 11.8. The summed E-state index contributed by atoms with van der Waals surface area (Å²) in [6, 6.07) is 19.8. The number of piperidine rings is 1. The number of anilines is 1. The molecule has 0 bridgehead atoms. The molecule has 1 aliphatic heterocycles. The molecule has 0 spiro atoms. The highest BCUT2D eigenvalue weighted by atomic mass is 15.0. The van der Waals surface area contributed by atoms with Crippen LogP contribution in [0.15, 0.2) is 54.6 Å². The summed E-state index contributed by atoms with van der Waals surface area (Å²) in [5.41, 5.74) is 3.75. The summed E-state index contributed by atoms with van der Waals surface area (Å²) < 4.78 is 0. The zero-order chi connectivity index (χ0) is 13.6. The summed E-state index contributed by atoms with van der Waals surface area (Å²) in [6.45, 7) is 2.18. The highest BCUT2D eigenvalue weighted by Gasteiger charge is 2.11. The van der Waals surface area contributed by atoms with Crippen LogP contribution in [-0.4, -0.2) is 19.1 Å². The first-order chi connectivity index (χ1) is 9.92. The van der Waals surface area contributed by atoms with Crippen LogP contribution >= 0.6 is 0 Å². The van der Waals surface area contributed by atoms with Crippen molar-refractivity contribution in [3.05, 3.63) is 54.6 Å². The third-order valence-electron chi connectivity index (χ3n) is 3.96. The Balaban J connectivity index is 1.58. The normalized spacial score (nSPS) is 18.7. The van der Waals surface area contributed by atoms with E-state index >= 15 is 0 Å². The molecule has 0 amide bonds. The Morgan fingerprint density at radius 3 is 2.35 bits per heavy atom.